The molecular formula is C25H32N2O4. The Hall–Kier alpha value is -2.99. The molecule has 1 fully saturated rings. The second-order valence-corrected chi connectivity index (χ2v) is 7.50. The van der Waals surface area contributed by atoms with E-state index in [0.29, 0.717) is 18.0 Å². The third-order valence-electron chi connectivity index (χ3n) is 5.48. The first kappa shape index (κ1) is 22.7. The van der Waals surface area contributed by atoms with Gasteiger partial charge in [-0.25, -0.2) is 0 Å². The Morgan fingerprint density at radius 2 is 1.81 bits per heavy atom. The van der Waals surface area contributed by atoms with Crippen LogP contribution in [0.2, 0.25) is 0 Å². The molecular weight excluding hydrogens is 392 g/mol. The van der Waals surface area contributed by atoms with E-state index in [1.807, 2.05) is 55.5 Å². The zero-order chi connectivity index (χ0) is 22.1. The van der Waals surface area contributed by atoms with Crippen molar-refractivity contribution in [1.29, 1.82) is 0 Å². The van der Waals surface area contributed by atoms with Crippen LogP contribution in [0.5, 0.6) is 17.2 Å². The number of nitrogens with zero attached hydrogens (tertiary/aromatic N) is 1. The van der Waals surface area contributed by atoms with Crippen LogP contribution in [0, 0.1) is 0 Å². The number of benzene rings is 2. The van der Waals surface area contributed by atoms with Gasteiger partial charge in [-0.15, -0.1) is 0 Å². The van der Waals surface area contributed by atoms with Crippen molar-refractivity contribution >= 4 is 12.0 Å². The maximum atomic E-state index is 12.6. The Labute approximate surface area is 184 Å². The monoisotopic (exact) mass is 424 g/mol. The number of amides is 1. The predicted octanol–water partition coefficient (Wildman–Crippen LogP) is 4.07. The third kappa shape index (κ3) is 6.01. The summed E-state index contributed by atoms with van der Waals surface area (Å²) < 4.78 is 16.7. The van der Waals surface area contributed by atoms with Crippen molar-refractivity contribution in [2.24, 2.45) is 0 Å². The van der Waals surface area contributed by atoms with Gasteiger partial charge in [0.2, 0.25) is 0 Å². The van der Waals surface area contributed by atoms with Crippen molar-refractivity contribution in [2.45, 2.75) is 25.8 Å². The summed E-state index contributed by atoms with van der Waals surface area (Å²) in [5, 5.41) is 3.04. The fourth-order valence-corrected chi connectivity index (χ4v) is 3.94. The van der Waals surface area contributed by atoms with E-state index < -0.39 is 0 Å². The van der Waals surface area contributed by atoms with E-state index in [1.165, 1.54) is 12.8 Å². The zero-order valence-electron chi connectivity index (χ0n) is 18.6. The van der Waals surface area contributed by atoms with E-state index in [4.69, 9.17) is 14.2 Å². The minimum Gasteiger partial charge on any atom is -0.496 e. The highest BCUT2D eigenvalue weighted by atomic mass is 16.5. The smallest absolute Gasteiger partial charge is 0.258 e. The summed E-state index contributed by atoms with van der Waals surface area (Å²) in [6.07, 6.45) is 6.29. The summed E-state index contributed by atoms with van der Waals surface area (Å²) >= 11 is 0. The second kappa shape index (κ2) is 11.4. The van der Waals surface area contributed by atoms with Crippen molar-refractivity contribution < 1.29 is 19.0 Å². The van der Waals surface area contributed by atoms with Crippen LogP contribution in [0.25, 0.3) is 6.08 Å². The molecule has 31 heavy (non-hydrogen) atoms. The minimum absolute atomic E-state index is 0.0669. The molecule has 0 bridgehead atoms. The molecule has 166 valence electrons. The van der Waals surface area contributed by atoms with Crippen LogP contribution < -0.4 is 19.5 Å². The van der Waals surface area contributed by atoms with E-state index in [1.54, 1.807) is 14.2 Å². The van der Waals surface area contributed by atoms with E-state index in [9.17, 15) is 4.79 Å². The summed E-state index contributed by atoms with van der Waals surface area (Å²) in [5.41, 5.74) is 2.11. The number of likely N-dealkylation sites (tertiary alicyclic amines) is 1. The summed E-state index contributed by atoms with van der Waals surface area (Å²) in [6, 6.07) is 13.7. The Morgan fingerprint density at radius 1 is 1.06 bits per heavy atom. The number of methoxy groups -OCH3 is 2. The molecule has 6 heteroatoms. The molecule has 1 amide bonds. The lowest BCUT2D eigenvalue weighted by atomic mass is 10.0. The molecule has 0 saturated carbocycles. The quantitative estimate of drug-likeness (QED) is 0.623. The molecule has 1 aliphatic heterocycles. The van der Waals surface area contributed by atoms with Gasteiger partial charge < -0.3 is 19.5 Å². The van der Waals surface area contributed by atoms with Gasteiger partial charge in [-0.2, -0.15) is 0 Å². The van der Waals surface area contributed by atoms with Crippen molar-refractivity contribution in [3.05, 3.63) is 59.7 Å². The lowest BCUT2D eigenvalue weighted by molar-refractivity contribution is -0.123. The first-order valence-corrected chi connectivity index (χ1v) is 10.7. The number of allylic oxidation sites excluding steroid dienone is 1. The van der Waals surface area contributed by atoms with Gasteiger partial charge in [-0.1, -0.05) is 36.4 Å². The van der Waals surface area contributed by atoms with Crippen LogP contribution in [0.15, 0.2) is 48.5 Å². The topological polar surface area (TPSA) is 60.0 Å². The summed E-state index contributed by atoms with van der Waals surface area (Å²) in [5.74, 6) is 1.83. The van der Waals surface area contributed by atoms with Gasteiger partial charge in [0.15, 0.2) is 18.1 Å². The SMILES string of the molecule is C/C=C/c1ccc(OCC(=O)NCC(c2ccccc2OC)N2CCCC2)c(OC)c1. The Kier molecular flexibility index (Phi) is 8.35. The summed E-state index contributed by atoms with van der Waals surface area (Å²) in [7, 11) is 3.27. The van der Waals surface area contributed by atoms with Crippen LogP contribution in [0.4, 0.5) is 0 Å². The van der Waals surface area contributed by atoms with Gasteiger partial charge in [-0.3, -0.25) is 9.69 Å². The molecule has 0 spiro atoms. The molecule has 2 aromatic rings. The molecule has 1 N–H and O–H groups in total. The average molecular weight is 425 g/mol. The van der Waals surface area contributed by atoms with Gasteiger partial charge in [0.05, 0.1) is 20.3 Å². The van der Waals surface area contributed by atoms with Gasteiger partial charge in [0.1, 0.15) is 5.75 Å². The lowest BCUT2D eigenvalue weighted by Crippen LogP contribution is -2.38. The molecule has 1 saturated heterocycles. The fourth-order valence-electron chi connectivity index (χ4n) is 3.94. The Balaban J connectivity index is 1.62. The van der Waals surface area contributed by atoms with E-state index >= 15 is 0 Å². The number of hydrogen-bond donors (Lipinski definition) is 1. The molecule has 1 atom stereocenters. The number of carbonyl (C=O) groups excluding carboxylic acids is 1. The molecule has 0 aliphatic carbocycles. The summed E-state index contributed by atoms with van der Waals surface area (Å²) in [6.45, 7) is 4.43. The largest absolute Gasteiger partial charge is 0.496 e. The van der Waals surface area contributed by atoms with E-state index in [-0.39, 0.29) is 18.6 Å². The number of rotatable bonds is 10. The standard InChI is InChI=1S/C25H32N2O4/c1-4-9-19-12-13-23(24(16-19)30-3)31-18-25(28)26-17-21(27-14-7-8-15-27)20-10-5-6-11-22(20)29-2/h4-6,9-13,16,21H,7-8,14-15,17-18H2,1-3H3,(H,26,28)/b9-4+. The maximum Gasteiger partial charge on any atom is 0.258 e. The predicted molar refractivity (Wildman–Crippen MR) is 123 cm³/mol. The molecule has 6 nitrogen and oxygen atoms in total. The third-order valence-corrected chi connectivity index (χ3v) is 5.48. The highest BCUT2D eigenvalue weighted by Crippen LogP contribution is 2.31. The second-order valence-electron chi connectivity index (χ2n) is 7.50. The zero-order valence-corrected chi connectivity index (χ0v) is 18.6. The van der Waals surface area contributed by atoms with Crippen molar-refractivity contribution in [1.82, 2.24) is 10.2 Å². The van der Waals surface area contributed by atoms with Crippen LogP contribution in [-0.2, 0) is 4.79 Å². The normalized spacial score (nSPS) is 15.1. The van der Waals surface area contributed by atoms with E-state index in [0.717, 1.165) is 30.0 Å². The van der Waals surface area contributed by atoms with Crippen LogP contribution >= 0.6 is 0 Å². The molecule has 2 aromatic carbocycles. The van der Waals surface area contributed by atoms with Gasteiger partial charge >= 0.3 is 0 Å². The van der Waals surface area contributed by atoms with Crippen LogP contribution in [0.1, 0.15) is 36.9 Å². The van der Waals surface area contributed by atoms with Gasteiger partial charge in [0.25, 0.3) is 5.91 Å². The first-order chi connectivity index (χ1) is 15.2. The number of para-hydroxylation sites is 1. The average Bonchev–Trinajstić information content (AvgIpc) is 3.33. The molecule has 1 unspecified atom stereocenters. The van der Waals surface area contributed by atoms with Crippen molar-refractivity contribution in [3.63, 3.8) is 0 Å². The fraction of sp³-hybridized carbons (Fsp3) is 0.400. The van der Waals surface area contributed by atoms with Gasteiger partial charge in [-0.05, 0) is 56.6 Å². The molecule has 3 rings (SSSR count). The summed E-state index contributed by atoms with van der Waals surface area (Å²) in [4.78, 5) is 15.0. The highest BCUT2D eigenvalue weighted by Gasteiger charge is 2.26. The molecule has 0 aromatic heterocycles. The maximum absolute atomic E-state index is 12.6. The van der Waals surface area contributed by atoms with E-state index in [2.05, 4.69) is 16.3 Å². The molecule has 1 heterocycles. The Bertz CT molecular complexity index is 891. The number of hydrogen-bond acceptors (Lipinski definition) is 5. The van der Waals surface area contributed by atoms with Crippen LogP contribution in [0.3, 0.4) is 0 Å². The minimum atomic E-state index is -0.168. The van der Waals surface area contributed by atoms with Crippen molar-refractivity contribution in [2.75, 3.05) is 40.5 Å². The van der Waals surface area contributed by atoms with Crippen molar-refractivity contribution in [3.8, 4) is 17.2 Å². The molecule has 1 aliphatic rings. The first-order valence-electron chi connectivity index (χ1n) is 10.7. The highest BCUT2D eigenvalue weighted by molar-refractivity contribution is 5.77. The lowest BCUT2D eigenvalue weighted by Gasteiger charge is -2.29. The molecule has 0 radical (unpaired) electrons. The van der Waals surface area contributed by atoms with Crippen LogP contribution in [-0.4, -0.2) is 51.3 Å². The number of ether oxygens (including phenoxy) is 3. The number of carbonyl (C=O) groups is 1. The Morgan fingerprint density at radius 3 is 2.52 bits per heavy atom. The number of nitrogens with one attached hydrogen (secondary N) is 1. The van der Waals surface area contributed by atoms with Gasteiger partial charge in [0, 0.05) is 12.1 Å².